The molecule has 41 heavy (non-hydrogen) atoms. The van der Waals surface area contributed by atoms with E-state index in [0.717, 1.165) is 76.2 Å². The van der Waals surface area contributed by atoms with E-state index in [9.17, 15) is 0 Å². The molecule has 1 N–H and O–H groups in total. The topological polar surface area (TPSA) is 104 Å². The highest BCUT2D eigenvalue weighted by atomic mass is 32.1. The van der Waals surface area contributed by atoms with Crippen LogP contribution in [0.1, 0.15) is 24.2 Å². The highest BCUT2D eigenvalue weighted by Gasteiger charge is 2.20. The standard InChI is InChI=1S/C32H26N8S/c33-18-30-34-13-10-29(39-30)36-24-11-14-40(15-12-24)19-21-6-8-23(9-7-21)32-31(22-4-2-1-3-5-22)38-26-17-28-27(35-20-41-28)16-25(26)37-32/h1-10,13,16-17,20,24H,11-12,14-15,19H2,(H,34,36,39). The van der Waals surface area contributed by atoms with E-state index < -0.39 is 0 Å². The summed E-state index contributed by atoms with van der Waals surface area (Å²) in [5, 5.41) is 12.5. The molecule has 200 valence electrons. The van der Waals surface area contributed by atoms with Crippen molar-refractivity contribution in [2.24, 2.45) is 0 Å². The number of nitriles is 1. The molecule has 0 unspecified atom stereocenters. The highest BCUT2D eigenvalue weighted by molar-refractivity contribution is 7.16. The van der Waals surface area contributed by atoms with Gasteiger partial charge in [0.05, 0.1) is 38.1 Å². The van der Waals surface area contributed by atoms with E-state index >= 15 is 0 Å². The Morgan fingerprint density at radius 1 is 0.829 bits per heavy atom. The van der Waals surface area contributed by atoms with Gasteiger partial charge in [0.1, 0.15) is 11.9 Å². The van der Waals surface area contributed by atoms with Crippen LogP contribution in [-0.4, -0.2) is 49.0 Å². The summed E-state index contributed by atoms with van der Waals surface area (Å²) in [4.78, 5) is 25.4. The minimum Gasteiger partial charge on any atom is -0.367 e. The van der Waals surface area contributed by atoms with Crippen molar-refractivity contribution >= 4 is 38.4 Å². The van der Waals surface area contributed by atoms with Gasteiger partial charge in [-0.15, -0.1) is 11.3 Å². The van der Waals surface area contributed by atoms with Crippen molar-refractivity contribution in [2.75, 3.05) is 18.4 Å². The van der Waals surface area contributed by atoms with Crippen LogP contribution >= 0.6 is 11.3 Å². The monoisotopic (exact) mass is 554 g/mol. The average Bonchev–Trinajstić information content (AvgIpc) is 3.48. The van der Waals surface area contributed by atoms with E-state index in [1.807, 2.05) is 41.9 Å². The summed E-state index contributed by atoms with van der Waals surface area (Å²) in [6.45, 7) is 2.89. The molecule has 3 aromatic carbocycles. The summed E-state index contributed by atoms with van der Waals surface area (Å²) in [6, 6.07) is 27.3. The second-order valence-corrected chi connectivity index (χ2v) is 11.1. The zero-order chi connectivity index (χ0) is 27.6. The summed E-state index contributed by atoms with van der Waals surface area (Å²) in [5.41, 5.74) is 9.67. The lowest BCUT2D eigenvalue weighted by Crippen LogP contribution is -2.38. The van der Waals surface area contributed by atoms with E-state index in [1.54, 1.807) is 17.5 Å². The molecular formula is C32H26N8S. The van der Waals surface area contributed by atoms with E-state index in [4.69, 9.17) is 15.2 Å². The molecule has 0 spiro atoms. The van der Waals surface area contributed by atoms with Gasteiger partial charge in [-0.3, -0.25) is 4.90 Å². The SMILES string of the molecule is N#Cc1nccc(NC2CCN(Cc3ccc(-c4nc5cc6ncsc6cc5nc4-c4ccccc4)cc3)CC2)n1. The van der Waals surface area contributed by atoms with Gasteiger partial charge >= 0.3 is 0 Å². The second-order valence-electron chi connectivity index (χ2n) is 10.2. The summed E-state index contributed by atoms with van der Waals surface area (Å²) in [7, 11) is 0. The van der Waals surface area contributed by atoms with Crippen LogP contribution in [-0.2, 0) is 6.54 Å². The maximum Gasteiger partial charge on any atom is 0.234 e. The molecule has 6 aromatic rings. The lowest BCUT2D eigenvalue weighted by Gasteiger charge is -2.32. The van der Waals surface area contributed by atoms with Crippen molar-refractivity contribution < 1.29 is 0 Å². The Morgan fingerprint density at radius 2 is 1.56 bits per heavy atom. The van der Waals surface area contributed by atoms with Crippen molar-refractivity contribution in [3.8, 4) is 28.6 Å². The van der Waals surface area contributed by atoms with Gasteiger partial charge in [-0.05, 0) is 36.6 Å². The van der Waals surface area contributed by atoms with Crippen LogP contribution in [0.5, 0.6) is 0 Å². The molecule has 0 saturated carbocycles. The van der Waals surface area contributed by atoms with Crippen molar-refractivity contribution in [3.63, 3.8) is 0 Å². The van der Waals surface area contributed by atoms with Crippen LogP contribution in [0.4, 0.5) is 5.82 Å². The number of benzene rings is 3. The van der Waals surface area contributed by atoms with Gasteiger partial charge in [-0.1, -0.05) is 54.6 Å². The zero-order valence-electron chi connectivity index (χ0n) is 22.2. The van der Waals surface area contributed by atoms with Crippen LogP contribution in [0.2, 0.25) is 0 Å². The lowest BCUT2D eigenvalue weighted by atomic mass is 10.0. The number of hydrogen-bond acceptors (Lipinski definition) is 9. The Hall–Kier alpha value is -4.78. The van der Waals surface area contributed by atoms with Crippen LogP contribution in [0.3, 0.4) is 0 Å². The number of nitrogens with one attached hydrogen (secondary N) is 1. The Labute approximate surface area is 241 Å². The Balaban J connectivity index is 1.09. The molecule has 1 fully saturated rings. The Morgan fingerprint density at radius 3 is 2.32 bits per heavy atom. The van der Waals surface area contributed by atoms with E-state index in [1.165, 1.54) is 5.56 Å². The van der Waals surface area contributed by atoms with Crippen LogP contribution < -0.4 is 5.32 Å². The first kappa shape index (κ1) is 25.2. The van der Waals surface area contributed by atoms with Gasteiger partial charge in [-0.2, -0.15) is 5.26 Å². The van der Waals surface area contributed by atoms with Gasteiger partial charge < -0.3 is 5.32 Å². The number of aromatic nitrogens is 5. The number of hydrogen-bond donors (Lipinski definition) is 1. The van der Waals surface area contributed by atoms with Crippen molar-refractivity contribution in [3.05, 3.63) is 95.9 Å². The number of fused-ring (bicyclic) bond motifs is 2. The van der Waals surface area contributed by atoms with E-state index in [0.29, 0.717) is 11.9 Å². The maximum absolute atomic E-state index is 9.04. The first-order chi connectivity index (χ1) is 20.2. The summed E-state index contributed by atoms with van der Waals surface area (Å²) < 4.78 is 1.12. The predicted molar refractivity (Wildman–Crippen MR) is 162 cm³/mol. The molecule has 0 bridgehead atoms. The number of anilines is 1. The van der Waals surface area contributed by atoms with Gasteiger partial charge in [-0.25, -0.2) is 24.9 Å². The molecule has 0 radical (unpaired) electrons. The predicted octanol–water partition coefficient (Wildman–Crippen LogP) is 6.31. The third-order valence-electron chi connectivity index (χ3n) is 7.49. The minimum absolute atomic E-state index is 0.193. The largest absolute Gasteiger partial charge is 0.367 e. The van der Waals surface area contributed by atoms with Gasteiger partial charge in [0.25, 0.3) is 0 Å². The summed E-state index contributed by atoms with van der Waals surface area (Å²) in [5.74, 6) is 0.909. The molecule has 0 amide bonds. The lowest BCUT2D eigenvalue weighted by molar-refractivity contribution is 0.211. The number of rotatable bonds is 6. The number of piperidine rings is 1. The van der Waals surface area contributed by atoms with Crippen LogP contribution in [0.15, 0.2) is 84.5 Å². The van der Waals surface area contributed by atoms with E-state index in [2.05, 4.69) is 67.6 Å². The normalized spacial score (nSPS) is 14.3. The van der Waals surface area contributed by atoms with Crippen LogP contribution in [0.25, 0.3) is 43.8 Å². The first-order valence-corrected chi connectivity index (χ1v) is 14.5. The van der Waals surface area contributed by atoms with Gasteiger partial charge in [0.2, 0.25) is 5.82 Å². The molecular weight excluding hydrogens is 528 g/mol. The molecule has 1 aliphatic rings. The number of thiazole rings is 1. The number of likely N-dealkylation sites (tertiary alicyclic amines) is 1. The smallest absolute Gasteiger partial charge is 0.234 e. The zero-order valence-corrected chi connectivity index (χ0v) is 23.1. The molecule has 7 rings (SSSR count). The van der Waals surface area contributed by atoms with E-state index in [-0.39, 0.29) is 5.82 Å². The summed E-state index contributed by atoms with van der Waals surface area (Å²) in [6.07, 6.45) is 3.66. The second kappa shape index (κ2) is 11.0. The fourth-order valence-corrected chi connectivity index (χ4v) is 6.06. The summed E-state index contributed by atoms with van der Waals surface area (Å²) >= 11 is 1.62. The Bertz CT molecular complexity index is 1870. The minimum atomic E-state index is 0.193. The molecule has 1 aliphatic heterocycles. The molecule has 0 atom stereocenters. The molecule has 9 heteroatoms. The maximum atomic E-state index is 9.04. The molecule has 1 saturated heterocycles. The van der Waals surface area contributed by atoms with Crippen molar-refractivity contribution in [2.45, 2.75) is 25.4 Å². The fourth-order valence-electron chi connectivity index (χ4n) is 5.37. The molecule has 8 nitrogen and oxygen atoms in total. The fraction of sp³-hybridized carbons (Fsp3) is 0.188. The van der Waals surface area contributed by atoms with Crippen molar-refractivity contribution in [1.82, 2.24) is 29.8 Å². The quantitative estimate of drug-likeness (QED) is 0.255. The average molecular weight is 555 g/mol. The third kappa shape index (κ3) is 5.35. The first-order valence-electron chi connectivity index (χ1n) is 13.6. The molecule has 4 heterocycles. The highest BCUT2D eigenvalue weighted by Crippen LogP contribution is 2.33. The molecule has 0 aliphatic carbocycles. The molecule has 3 aromatic heterocycles. The number of nitrogens with zero attached hydrogens (tertiary/aromatic N) is 7. The van der Waals surface area contributed by atoms with Gasteiger partial charge in [0, 0.05) is 43.0 Å². The third-order valence-corrected chi connectivity index (χ3v) is 8.28. The van der Waals surface area contributed by atoms with Crippen LogP contribution in [0, 0.1) is 11.3 Å². The Kier molecular flexibility index (Phi) is 6.77. The van der Waals surface area contributed by atoms with Gasteiger partial charge in [0.15, 0.2) is 0 Å². The van der Waals surface area contributed by atoms with Crippen molar-refractivity contribution in [1.29, 1.82) is 5.26 Å².